The number of carbonyl (C=O) groups excluding carboxylic acids is 3. The summed E-state index contributed by atoms with van der Waals surface area (Å²) in [5, 5.41) is 4.86. The van der Waals surface area contributed by atoms with Crippen LogP contribution >= 0.6 is 11.3 Å². The number of benzene rings is 1. The van der Waals surface area contributed by atoms with Crippen molar-refractivity contribution >= 4 is 45.7 Å². The third-order valence-corrected chi connectivity index (χ3v) is 5.99. The second-order valence-electron chi connectivity index (χ2n) is 7.23. The third-order valence-electron chi connectivity index (χ3n) is 4.95. The topological polar surface area (TPSA) is 100 Å². The fourth-order valence-electron chi connectivity index (χ4n) is 3.36. The van der Waals surface area contributed by atoms with Crippen LogP contribution < -0.4 is 20.4 Å². The minimum atomic E-state index is -4.47. The number of thiophene rings is 1. The van der Waals surface area contributed by atoms with Crippen LogP contribution in [0.1, 0.15) is 4.88 Å². The first-order chi connectivity index (χ1) is 15.7. The van der Waals surface area contributed by atoms with E-state index < -0.39 is 29.3 Å². The molecule has 1 unspecified atom stereocenters. The zero-order valence-electron chi connectivity index (χ0n) is 17.1. The Balaban J connectivity index is 1.29. The van der Waals surface area contributed by atoms with E-state index in [1.165, 1.54) is 11.0 Å². The normalized spacial score (nSPS) is 18.9. The van der Waals surface area contributed by atoms with Gasteiger partial charge in [-0.3, -0.25) is 15.0 Å². The van der Waals surface area contributed by atoms with Gasteiger partial charge in [0.25, 0.3) is 5.91 Å². The second kappa shape index (κ2) is 9.27. The van der Waals surface area contributed by atoms with Gasteiger partial charge in [0.1, 0.15) is 17.6 Å². The molecular weight excluding hydrogens is 465 g/mol. The van der Waals surface area contributed by atoms with Crippen molar-refractivity contribution in [3.63, 3.8) is 0 Å². The van der Waals surface area contributed by atoms with Crippen molar-refractivity contribution in [3.8, 4) is 0 Å². The van der Waals surface area contributed by atoms with Crippen LogP contribution in [0.15, 0.2) is 36.4 Å². The summed E-state index contributed by atoms with van der Waals surface area (Å²) in [5.41, 5.74) is 1.26. The highest BCUT2D eigenvalue weighted by Gasteiger charge is 2.34. The molecule has 0 bridgehead atoms. The molecule has 1 aromatic carbocycles. The molecule has 1 aromatic heterocycles. The van der Waals surface area contributed by atoms with Crippen LogP contribution in [-0.2, 0) is 20.4 Å². The van der Waals surface area contributed by atoms with E-state index in [1.54, 1.807) is 29.2 Å². The number of halogens is 3. The van der Waals surface area contributed by atoms with E-state index in [-0.39, 0.29) is 30.6 Å². The Kier molecular flexibility index (Phi) is 6.42. The molecule has 0 saturated carbocycles. The minimum Gasteiger partial charge on any atom is -0.442 e. The molecule has 176 valence electrons. The van der Waals surface area contributed by atoms with Gasteiger partial charge in [0, 0.05) is 17.9 Å². The molecule has 13 heteroatoms. The molecule has 33 heavy (non-hydrogen) atoms. The Morgan fingerprint density at radius 2 is 1.79 bits per heavy atom. The van der Waals surface area contributed by atoms with Crippen molar-refractivity contribution in [2.24, 2.45) is 0 Å². The quantitative estimate of drug-likeness (QED) is 0.679. The molecule has 0 radical (unpaired) electrons. The number of morpholine rings is 1. The number of cyclic esters (lactones) is 1. The largest absolute Gasteiger partial charge is 0.442 e. The van der Waals surface area contributed by atoms with Gasteiger partial charge in [0.2, 0.25) is 0 Å². The van der Waals surface area contributed by atoms with Gasteiger partial charge in [0.05, 0.1) is 24.7 Å². The number of urea groups is 1. The summed E-state index contributed by atoms with van der Waals surface area (Å²) >= 11 is 0.414. The molecule has 4 amide bonds. The van der Waals surface area contributed by atoms with Crippen LogP contribution in [0, 0.1) is 0 Å². The number of nitrogens with zero attached hydrogens (tertiary/aromatic N) is 2. The number of carbonyl (C=O) groups is 3. The molecule has 9 nitrogen and oxygen atoms in total. The zero-order valence-corrected chi connectivity index (χ0v) is 17.9. The fourth-order valence-corrected chi connectivity index (χ4v) is 4.13. The summed E-state index contributed by atoms with van der Waals surface area (Å²) in [6.07, 6.45) is -5.71. The van der Waals surface area contributed by atoms with Crippen molar-refractivity contribution < 1.29 is 37.0 Å². The van der Waals surface area contributed by atoms with Gasteiger partial charge in [-0.05, 0) is 36.4 Å². The molecule has 2 aliphatic rings. The van der Waals surface area contributed by atoms with Crippen LogP contribution in [0.2, 0.25) is 0 Å². The lowest BCUT2D eigenvalue weighted by Crippen LogP contribution is -2.41. The average molecular weight is 484 g/mol. The van der Waals surface area contributed by atoms with Crippen LogP contribution in [-0.4, -0.2) is 57.0 Å². The van der Waals surface area contributed by atoms with E-state index in [0.717, 1.165) is 6.07 Å². The number of hydrogen-bond donors (Lipinski definition) is 2. The standard InChI is InChI=1S/C20H19F3N4O5S/c21-20(22,23)15-5-6-16(33-15)25-18(29)24-9-14-10-27(19(30)32-14)13-3-1-12(2-4-13)26-7-8-31-11-17(26)28/h1-6,14H,7-11H2,(H2,24,25,29). The first kappa shape index (κ1) is 22.9. The summed E-state index contributed by atoms with van der Waals surface area (Å²) in [6.45, 7) is 1.07. The van der Waals surface area contributed by atoms with E-state index in [4.69, 9.17) is 9.47 Å². The highest BCUT2D eigenvalue weighted by atomic mass is 32.1. The number of ether oxygens (including phenoxy) is 2. The number of anilines is 3. The maximum Gasteiger partial charge on any atom is 0.425 e. The Morgan fingerprint density at radius 3 is 2.42 bits per heavy atom. The summed E-state index contributed by atoms with van der Waals surface area (Å²) in [5.74, 6) is -0.142. The van der Waals surface area contributed by atoms with Gasteiger partial charge >= 0.3 is 18.3 Å². The average Bonchev–Trinajstić information content (AvgIpc) is 3.39. The molecule has 2 aliphatic heterocycles. The molecule has 1 atom stereocenters. The van der Waals surface area contributed by atoms with Gasteiger partial charge in [-0.1, -0.05) is 0 Å². The molecule has 2 saturated heterocycles. The number of nitrogens with one attached hydrogen (secondary N) is 2. The van der Waals surface area contributed by atoms with Crippen LogP contribution in [0.5, 0.6) is 0 Å². The molecule has 2 fully saturated rings. The Bertz CT molecular complexity index is 1040. The van der Waals surface area contributed by atoms with E-state index in [0.29, 0.717) is 35.9 Å². The smallest absolute Gasteiger partial charge is 0.425 e. The summed E-state index contributed by atoms with van der Waals surface area (Å²) in [4.78, 5) is 38.4. The molecule has 4 rings (SSSR count). The SMILES string of the molecule is O=C(NCC1CN(c2ccc(N3CCOCC3=O)cc2)C(=O)O1)Nc1ccc(C(F)(F)F)s1. The van der Waals surface area contributed by atoms with Crippen molar-refractivity contribution in [1.82, 2.24) is 5.32 Å². The summed E-state index contributed by atoms with van der Waals surface area (Å²) < 4.78 is 48.3. The lowest BCUT2D eigenvalue weighted by Gasteiger charge is -2.27. The van der Waals surface area contributed by atoms with E-state index in [1.807, 2.05) is 0 Å². The zero-order chi connectivity index (χ0) is 23.6. The minimum absolute atomic E-state index is 0.0219. The first-order valence-corrected chi connectivity index (χ1v) is 10.7. The molecular formula is C20H19F3N4O5S. The maximum absolute atomic E-state index is 12.6. The Morgan fingerprint density at radius 1 is 1.09 bits per heavy atom. The molecule has 2 N–H and O–H groups in total. The Hall–Kier alpha value is -3.32. The van der Waals surface area contributed by atoms with Crippen molar-refractivity contribution in [3.05, 3.63) is 41.3 Å². The molecule has 0 spiro atoms. The highest BCUT2D eigenvalue weighted by molar-refractivity contribution is 7.16. The molecule has 3 heterocycles. The van der Waals surface area contributed by atoms with E-state index in [2.05, 4.69) is 10.6 Å². The summed E-state index contributed by atoms with van der Waals surface area (Å²) in [6, 6.07) is 8.17. The van der Waals surface area contributed by atoms with Crippen LogP contribution in [0.25, 0.3) is 0 Å². The summed E-state index contributed by atoms with van der Waals surface area (Å²) in [7, 11) is 0. The van der Waals surface area contributed by atoms with Crippen molar-refractivity contribution in [2.75, 3.05) is 48.0 Å². The Labute approximate surface area is 190 Å². The van der Waals surface area contributed by atoms with Gasteiger partial charge in [-0.15, -0.1) is 11.3 Å². The highest BCUT2D eigenvalue weighted by Crippen LogP contribution is 2.36. The maximum atomic E-state index is 12.6. The van der Waals surface area contributed by atoms with E-state index >= 15 is 0 Å². The lowest BCUT2D eigenvalue weighted by atomic mass is 10.2. The van der Waals surface area contributed by atoms with Gasteiger partial charge in [-0.2, -0.15) is 13.2 Å². The predicted molar refractivity (Wildman–Crippen MR) is 114 cm³/mol. The fraction of sp³-hybridized carbons (Fsp3) is 0.350. The predicted octanol–water partition coefficient (Wildman–Crippen LogP) is 3.28. The number of alkyl halides is 3. The van der Waals surface area contributed by atoms with Crippen LogP contribution in [0.4, 0.5) is 39.1 Å². The number of rotatable bonds is 5. The van der Waals surface area contributed by atoms with Crippen molar-refractivity contribution in [1.29, 1.82) is 0 Å². The molecule has 0 aliphatic carbocycles. The van der Waals surface area contributed by atoms with Crippen LogP contribution in [0.3, 0.4) is 0 Å². The lowest BCUT2D eigenvalue weighted by molar-refractivity contribution is -0.134. The van der Waals surface area contributed by atoms with E-state index in [9.17, 15) is 27.6 Å². The van der Waals surface area contributed by atoms with Gasteiger partial charge in [0.15, 0.2) is 0 Å². The monoisotopic (exact) mass is 484 g/mol. The second-order valence-corrected chi connectivity index (χ2v) is 8.31. The number of amides is 4. The van der Waals surface area contributed by atoms with Crippen molar-refractivity contribution in [2.45, 2.75) is 12.3 Å². The first-order valence-electron chi connectivity index (χ1n) is 9.89. The number of hydrogen-bond acceptors (Lipinski definition) is 6. The van der Waals surface area contributed by atoms with Gasteiger partial charge < -0.3 is 19.7 Å². The van der Waals surface area contributed by atoms with Gasteiger partial charge in [-0.25, -0.2) is 9.59 Å². The molecule has 2 aromatic rings. The third kappa shape index (κ3) is 5.37.